The fourth-order valence-corrected chi connectivity index (χ4v) is 2.79. The lowest BCUT2D eigenvalue weighted by molar-refractivity contribution is 0.00494. The number of nitrogen functional groups attached to an aromatic ring is 1. The molecule has 1 aromatic rings. The van der Waals surface area contributed by atoms with Crippen molar-refractivity contribution in [3.8, 4) is 0 Å². The molecule has 20 heavy (non-hydrogen) atoms. The Morgan fingerprint density at radius 3 is 2.65 bits per heavy atom. The Labute approximate surface area is 123 Å². The zero-order valence-corrected chi connectivity index (χ0v) is 12.8. The zero-order valence-electron chi connectivity index (χ0n) is 12.0. The maximum atomic E-state index is 10.6. The lowest BCUT2D eigenvalue weighted by atomic mass is 9.79. The first-order chi connectivity index (χ1) is 9.54. The third kappa shape index (κ3) is 3.97. The standard InChI is InChI=1S/C13H23N5OS/c1-9-3-5-13(19,6-4-9)8-15-10-7-11(18-14)17-12(16-10)20-2/h7,9,19H,3-6,8,14H2,1-2H3,(H2,15,16,17,18). The van der Waals surface area contributed by atoms with Crippen molar-refractivity contribution >= 4 is 23.4 Å². The Balaban J connectivity index is 1.99. The number of nitrogens with zero attached hydrogens (tertiary/aromatic N) is 2. The van der Waals surface area contributed by atoms with Gasteiger partial charge in [-0.1, -0.05) is 18.7 Å². The second kappa shape index (κ2) is 6.60. The topological polar surface area (TPSA) is 96.1 Å². The number of hydrogen-bond donors (Lipinski definition) is 4. The van der Waals surface area contributed by atoms with Gasteiger partial charge >= 0.3 is 0 Å². The van der Waals surface area contributed by atoms with Crippen LogP contribution < -0.4 is 16.6 Å². The summed E-state index contributed by atoms with van der Waals surface area (Å²) in [6.45, 7) is 2.75. The molecule has 0 spiro atoms. The highest BCUT2D eigenvalue weighted by atomic mass is 32.2. The van der Waals surface area contributed by atoms with Gasteiger partial charge in [-0.3, -0.25) is 0 Å². The van der Waals surface area contributed by atoms with Gasteiger partial charge in [0.2, 0.25) is 0 Å². The first-order valence-electron chi connectivity index (χ1n) is 6.90. The van der Waals surface area contributed by atoms with E-state index in [1.165, 1.54) is 11.8 Å². The summed E-state index contributed by atoms with van der Waals surface area (Å²) in [7, 11) is 0. The van der Waals surface area contributed by atoms with Crippen LogP contribution in [0, 0.1) is 5.92 Å². The van der Waals surface area contributed by atoms with Crippen LogP contribution in [0.25, 0.3) is 0 Å². The van der Waals surface area contributed by atoms with Crippen LogP contribution in [0.3, 0.4) is 0 Å². The number of rotatable bonds is 5. The number of nitrogens with two attached hydrogens (primary N) is 1. The van der Waals surface area contributed by atoms with Crippen molar-refractivity contribution in [2.45, 2.75) is 43.4 Å². The molecular formula is C13H23N5OS. The summed E-state index contributed by atoms with van der Waals surface area (Å²) in [6, 6.07) is 1.74. The number of thioether (sulfide) groups is 1. The minimum Gasteiger partial charge on any atom is -0.388 e. The van der Waals surface area contributed by atoms with Crippen LogP contribution in [0.15, 0.2) is 11.2 Å². The zero-order chi connectivity index (χ0) is 14.6. The fourth-order valence-electron chi connectivity index (χ4n) is 2.41. The first kappa shape index (κ1) is 15.3. The third-order valence-electron chi connectivity index (χ3n) is 3.84. The number of aromatic nitrogens is 2. The van der Waals surface area contributed by atoms with E-state index in [0.717, 1.165) is 25.7 Å². The van der Waals surface area contributed by atoms with Gasteiger partial charge in [-0.15, -0.1) is 0 Å². The van der Waals surface area contributed by atoms with Gasteiger partial charge in [-0.05, 0) is 37.9 Å². The largest absolute Gasteiger partial charge is 0.388 e. The van der Waals surface area contributed by atoms with E-state index >= 15 is 0 Å². The van der Waals surface area contributed by atoms with Gasteiger partial charge < -0.3 is 15.8 Å². The highest BCUT2D eigenvalue weighted by Gasteiger charge is 2.31. The van der Waals surface area contributed by atoms with E-state index in [9.17, 15) is 5.11 Å². The lowest BCUT2D eigenvalue weighted by Gasteiger charge is -2.35. The van der Waals surface area contributed by atoms with E-state index in [0.29, 0.717) is 29.3 Å². The van der Waals surface area contributed by atoms with Gasteiger partial charge in [0.15, 0.2) is 5.16 Å². The summed E-state index contributed by atoms with van der Waals surface area (Å²) in [5.41, 5.74) is 1.90. The molecule has 0 bridgehead atoms. The van der Waals surface area contributed by atoms with Crippen molar-refractivity contribution in [2.75, 3.05) is 23.5 Å². The van der Waals surface area contributed by atoms with Crippen molar-refractivity contribution in [1.82, 2.24) is 9.97 Å². The molecule has 0 radical (unpaired) electrons. The molecular weight excluding hydrogens is 274 g/mol. The molecule has 0 atom stereocenters. The van der Waals surface area contributed by atoms with Crippen molar-refractivity contribution < 1.29 is 5.11 Å². The van der Waals surface area contributed by atoms with E-state index in [1.54, 1.807) is 6.07 Å². The van der Waals surface area contributed by atoms with Crippen molar-refractivity contribution in [3.05, 3.63) is 6.07 Å². The summed E-state index contributed by atoms with van der Waals surface area (Å²) in [5.74, 6) is 7.36. The summed E-state index contributed by atoms with van der Waals surface area (Å²) in [4.78, 5) is 8.57. The first-order valence-corrected chi connectivity index (χ1v) is 8.13. The Bertz CT molecular complexity index is 426. The number of hydrogen-bond acceptors (Lipinski definition) is 7. The van der Waals surface area contributed by atoms with Crippen LogP contribution in [-0.4, -0.2) is 33.5 Å². The molecule has 1 fully saturated rings. The molecule has 0 aromatic carbocycles. The summed E-state index contributed by atoms with van der Waals surface area (Å²) in [6.07, 6.45) is 5.74. The summed E-state index contributed by atoms with van der Waals surface area (Å²) in [5, 5.41) is 14.4. The maximum absolute atomic E-state index is 10.6. The van der Waals surface area contributed by atoms with Gasteiger partial charge in [0.1, 0.15) is 11.6 Å². The van der Waals surface area contributed by atoms with Gasteiger partial charge in [0.05, 0.1) is 5.60 Å². The fraction of sp³-hybridized carbons (Fsp3) is 0.692. The number of anilines is 2. The predicted molar refractivity (Wildman–Crippen MR) is 82.7 cm³/mol. The SMILES string of the molecule is CSc1nc(NN)cc(NCC2(O)CCC(C)CC2)n1. The molecule has 112 valence electrons. The Hall–Kier alpha value is -1.05. The van der Waals surface area contributed by atoms with Crippen LogP contribution in [0.1, 0.15) is 32.6 Å². The molecule has 0 amide bonds. The van der Waals surface area contributed by atoms with E-state index in [4.69, 9.17) is 5.84 Å². The third-order valence-corrected chi connectivity index (χ3v) is 4.39. The van der Waals surface area contributed by atoms with Crippen LogP contribution >= 0.6 is 11.8 Å². The molecule has 1 aliphatic rings. The molecule has 1 aliphatic carbocycles. The van der Waals surface area contributed by atoms with Crippen LogP contribution in [-0.2, 0) is 0 Å². The Morgan fingerprint density at radius 1 is 1.40 bits per heavy atom. The average molecular weight is 297 g/mol. The van der Waals surface area contributed by atoms with E-state index < -0.39 is 5.60 Å². The van der Waals surface area contributed by atoms with Crippen molar-refractivity contribution in [2.24, 2.45) is 11.8 Å². The van der Waals surface area contributed by atoms with Gasteiger partial charge in [-0.25, -0.2) is 15.8 Å². The van der Waals surface area contributed by atoms with Crippen LogP contribution in [0.2, 0.25) is 0 Å². The highest BCUT2D eigenvalue weighted by molar-refractivity contribution is 7.98. The number of hydrazine groups is 1. The smallest absolute Gasteiger partial charge is 0.191 e. The number of nitrogens with one attached hydrogen (secondary N) is 2. The Kier molecular flexibility index (Phi) is 5.06. The minimum absolute atomic E-state index is 0.508. The molecule has 0 aliphatic heterocycles. The van der Waals surface area contributed by atoms with Crippen molar-refractivity contribution in [3.63, 3.8) is 0 Å². The molecule has 6 nitrogen and oxygen atoms in total. The van der Waals surface area contributed by atoms with Gasteiger partial charge in [-0.2, -0.15) is 0 Å². The molecule has 7 heteroatoms. The van der Waals surface area contributed by atoms with Crippen LogP contribution in [0.4, 0.5) is 11.6 Å². The molecule has 0 saturated heterocycles. The summed E-state index contributed by atoms with van der Waals surface area (Å²) < 4.78 is 0. The number of aliphatic hydroxyl groups is 1. The molecule has 1 aromatic heterocycles. The molecule has 0 unspecified atom stereocenters. The normalized spacial score (nSPS) is 26.3. The maximum Gasteiger partial charge on any atom is 0.191 e. The lowest BCUT2D eigenvalue weighted by Crippen LogP contribution is -2.40. The highest BCUT2D eigenvalue weighted by Crippen LogP contribution is 2.32. The second-order valence-corrected chi connectivity index (χ2v) is 6.30. The van der Waals surface area contributed by atoms with E-state index in [-0.39, 0.29) is 0 Å². The van der Waals surface area contributed by atoms with Crippen molar-refractivity contribution in [1.29, 1.82) is 0 Å². The second-order valence-electron chi connectivity index (χ2n) is 5.53. The monoisotopic (exact) mass is 297 g/mol. The summed E-state index contributed by atoms with van der Waals surface area (Å²) >= 11 is 1.45. The van der Waals surface area contributed by atoms with Crippen LogP contribution in [0.5, 0.6) is 0 Å². The molecule has 1 heterocycles. The van der Waals surface area contributed by atoms with E-state index in [1.807, 2.05) is 6.26 Å². The average Bonchev–Trinajstić information content (AvgIpc) is 2.48. The predicted octanol–water partition coefficient (Wildman–Crippen LogP) is 1.84. The molecule has 2 rings (SSSR count). The van der Waals surface area contributed by atoms with E-state index in [2.05, 4.69) is 27.6 Å². The minimum atomic E-state index is -0.632. The Morgan fingerprint density at radius 2 is 2.05 bits per heavy atom. The van der Waals surface area contributed by atoms with Gasteiger partial charge in [0.25, 0.3) is 0 Å². The molecule has 1 saturated carbocycles. The van der Waals surface area contributed by atoms with Gasteiger partial charge in [0, 0.05) is 12.6 Å². The quantitative estimate of drug-likeness (QED) is 0.285. The molecule has 5 N–H and O–H groups in total.